The molecule has 0 unspecified atom stereocenters. The number of nitrogens with zero attached hydrogens (tertiary/aromatic N) is 1. The van der Waals surface area contributed by atoms with Gasteiger partial charge in [0.25, 0.3) is 0 Å². The van der Waals surface area contributed by atoms with Crippen LogP contribution in [0.25, 0.3) is 0 Å². The highest BCUT2D eigenvalue weighted by Crippen LogP contribution is 2.16. The van der Waals surface area contributed by atoms with Gasteiger partial charge in [-0.2, -0.15) is 0 Å². The van der Waals surface area contributed by atoms with Crippen LogP contribution in [0.4, 0.5) is 0 Å². The van der Waals surface area contributed by atoms with E-state index in [0.29, 0.717) is 6.54 Å². The van der Waals surface area contributed by atoms with Gasteiger partial charge in [-0.1, -0.05) is 0 Å². The summed E-state index contributed by atoms with van der Waals surface area (Å²) < 4.78 is 24.2. The third kappa shape index (κ3) is 1.99. The maximum Gasteiger partial charge on any atom is 0.236 e. The van der Waals surface area contributed by atoms with Gasteiger partial charge in [0.15, 0.2) is 0 Å². The van der Waals surface area contributed by atoms with Gasteiger partial charge in [0.2, 0.25) is 10.0 Å². The molecular formula is C9H16N2O2S. The van der Waals surface area contributed by atoms with E-state index in [2.05, 4.69) is 0 Å². The Bertz CT molecular complexity index is 432. The molecule has 0 atom stereocenters. The zero-order valence-electron chi connectivity index (χ0n) is 8.74. The molecule has 0 aliphatic heterocycles. The van der Waals surface area contributed by atoms with Crippen molar-refractivity contribution in [2.75, 3.05) is 12.8 Å². The average molecular weight is 216 g/mol. The van der Waals surface area contributed by atoms with Crippen LogP contribution >= 0.6 is 0 Å². The molecule has 14 heavy (non-hydrogen) atoms. The Kier molecular flexibility index (Phi) is 3.01. The molecule has 0 bridgehead atoms. The standard InChI is InChI=1S/C9H16N2O2S/c1-7-6-9(4-5-10)8(2)11(7)14(3,12)13/h6H,4-5,10H2,1-3H3. The molecule has 0 spiro atoms. The van der Waals surface area contributed by atoms with Crippen molar-refractivity contribution in [2.45, 2.75) is 20.3 Å². The first kappa shape index (κ1) is 11.3. The average Bonchev–Trinajstić information content (AvgIpc) is 2.26. The fourth-order valence-corrected chi connectivity index (χ4v) is 2.92. The zero-order chi connectivity index (χ0) is 10.9. The van der Waals surface area contributed by atoms with Gasteiger partial charge in [0.1, 0.15) is 0 Å². The molecule has 0 saturated heterocycles. The Hall–Kier alpha value is -0.810. The number of hydrogen-bond donors (Lipinski definition) is 1. The minimum absolute atomic E-state index is 0.536. The van der Waals surface area contributed by atoms with Gasteiger partial charge in [-0.15, -0.1) is 0 Å². The molecule has 0 fully saturated rings. The second kappa shape index (κ2) is 3.74. The van der Waals surface area contributed by atoms with Crippen LogP contribution in [0.5, 0.6) is 0 Å². The second-order valence-corrected chi connectivity index (χ2v) is 5.29. The van der Waals surface area contributed by atoms with Gasteiger partial charge in [-0.3, -0.25) is 0 Å². The number of hydrogen-bond acceptors (Lipinski definition) is 3. The van der Waals surface area contributed by atoms with Crippen LogP contribution < -0.4 is 5.73 Å². The number of aryl methyl sites for hydroxylation is 1. The summed E-state index contributed by atoms with van der Waals surface area (Å²) in [5.41, 5.74) is 7.97. The van der Waals surface area contributed by atoms with Gasteiger partial charge in [0.05, 0.1) is 6.26 Å². The molecule has 1 heterocycles. The molecule has 80 valence electrons. The van der Waals surface area contributed by atoms with E-state index < -0.39 is 10.0 Å². The lowest BCUT2D eigenvalue weighted by atomic mass is 10.2. The minimum atomic E-state index is -3.19. The molecule has 0 amide bonds. The van der Waals surface area contributed by atoms with Crippen molar-refractivity contribution in [3.63, 3.8) is 0 Å². The Labute approximate surface area is 84.8 Å². The molecule has 0 aliphatic carbocycles. The van der Waals surface area contributed by atoms with E-state index in [1.807, 2.05) is 6.07 Å². The molecule has 1 aromatic heterocycles. The summed E-state index contributed by atoms with van der Waals surface area (Å²) in [6.45, 7) is 4.13. The molecular weight excluding hydrogens is 200 g/mol. The highest BCUT2D eigenvalue weighted by atomic mass is 32.2. The van der Waals surface area contributed by atoms with E-state index in [-0.39, 0.29) is 0 Å². The Balaban J connectivity index is 3.32. The van der Waals surface area contributed by atoms with E-state index in [1.54, 1.807) is 13.8 Å². The largest absolute Gasteiger partial charge is 0.330 e. The molecule has 1 rings (SSSR count). The molecule has 0 aromatic carbocycles. The number of aromatic nitrogens is 1. The maximum absolute atomic E-state index is 11.4. The summed E-state index contributed by atoms with van der Waals surface area (Å²) in [7, 11) is -3.19. The third-order valence-electron chi connectivity index (χ3n) is 2.22. The highest BCUT2D eigenvalue weighted by molar-refractivity contribution is 7.89. The first-order chi connectivity index (χ1) is 6.38. The fraction of sp³-hybridized carbons (Fsp3) is 0.556. The zero-order valence-corrected chi connectivity index (χ0v) is 9.56. The van der Waals surface area contributed by atoms with E-state index in [4.69, 9.17) is 5.73 Å². The summed E-state index contributed by atoms with van der Waals surface area (Å²) in [5.74, 6) is 0. The lowest BCUT2D eigenvalue weighted by Gasteiger charge is -2.06. The summed E-state index contributed by atoms with van der Waals surface area (Å²) in [4.78, 5) is 0. The van der Waals surface area contributed by atoms with Crippen LogP contribution in [-0.4, -0.2) is 25.2 Å². The van der Waals surface area contributed by atoms with Gasteiger partial charge in [-0.25, -0.2) is 12.4 Å². The van der Waals surface area contributed by atoms with Gasteiger partial charge in [-0.05, 0) is 38.4 Å². The van der Waals surface area contributed by atoms with Crippen LogP contribution in [0.1, 0.15) is 17.0 Å². The molecule has 0 radical (unpaired) electrons. The predicted octanol–water partition coefficient (Wildman–Crippen LogP) is 0.414. The Morgan fingerprint density at radius 3 is 2.36 bits per heavy atom. The summed E-state index contributed by atoms with van der Waals surface area (Å²) >= 11 is 0. The first-order valence-electron chi connectivity index (χ1n) is 4.46. The molecule has 0 saturated carbocycles. The van der Waals surface area contributed by atoms with Crippen molar-refractivity contribution in [3.05, 3.63) is 23.0 Å². The van der Waals surface area contributed by atoms with E-state index >= 15 is 0 Å². The Morgan fingerprint density at radius 2 is 2.00 bits per heavy atom. The van der Waals surface area contributed by atoms with Crippen molar-refractivity contribution >= 4 is 10.0 Å². The van der Waals surface area contributed by atoms with Crippen molar-refractivity contribution in [3.8, 4) is 0 Å². The highest BCUT2D eigenvalue weighted by Gasteiger charge is 2.15. The van der Waals surface area contributed by atoms with Crippen LogP contribution in [-0.2, 0) is 16.4 Å². The van der Waals surface area contributed by atoms with Crippen LogP contribution in [0.2, 0.25) is 0 Å². The van der Waals surface area contributed by atoms with Crippen molar-refractivity contribution in [1.29, 1.82) is 0 Å². The third-order valence-corrected chi connectivity index (χ3v) is 3.44. The van der Waals surface area contributed by atoms with Crippen LogP contribution in [0.3, 0.4) is 0 Å². The van der Waals surface area contributed by atoms with E-state index in [9.17, 15) is 8.42 Å². The SMILES string of the molecule is Cc1cc(CCN)c(C)n1S(C)(=O)=O. The van der Waals surface area contributed by atoms with Crippen molar-refractivity contribution in [2.24, 2.45) is 5.73 Å². The predicted molar refractivity (Wildman–Crippen MR) is 56.9 cm³/mol. The number of nitrogens with two attached hydrogens (primary N) is 1. The first-order valence-corrected chi connectivity index (χ1v) is 6.31. The maximum atomic E-state index is 11.4. The summed E-state index contributed by atoms with van der Waals surface area (Å²) in [5, 5.41) is 0. The fourth-order valence-electron chi connectivity index (χ4n) is 1.73. The summed E-state index contributed by atoms with van der Waals surface area (Å²) in [6.07, 6.45) is 1.93. The normalized spacial score (nSPS) is 12.0. The summed E-state index contributed by atoms with van der Waals surface area (Å²) in [6, 6.07) is 1.88. The molecule has 5 heteroatoms. The van der Waals surface area contributed by atoms with Crippen molar-refractivity contribution < 1.29 is 8.42 Å². The Morgan fingerprint density at radius 1 is 1.43 bits per heavy atom. The van der Waals surface area contributed by atoms with Gasteiger partial charge in [0, 0.05) is 11.4 Å². The minimum Gasteiger partial charge on any atom is -0.330 e. The molecule has 1 aromatic rings. The van der Waals surface area contributed by atoms with E-state index in [1.165, 1.54) is 10.2 Å². The topological polar surface area (TPSA) is 65.1 Å². The molecule has 2 N–H and O–H groups in total. The smallest absolute Gasteiger partial charge is 0.236 e. The van der Waals surface area contributed by atoms with Crippen LogP contribution in [0.15, 0.2) is 6.07 Å². The van der Waals surface area contributed by atoms with Crippen LogP contribution in [0, 0.1) is 13.8 Å². The monoisotopic (exact) mass is 216 g/mol. The quantitative estimate of drug-likeness (QED) is 0.796. The van der Waals surface area contributed by atoms with Gasteiger partial charge < -0.3 is 5.73 Å². The molecule has 0 aliphatic rings. The van der Waals surface area contributed by atoms with Crippen molar-refractivity contribution in [1.82, 2.24) is 3.97 Å². The van der Waals surface area contributed by atoms with E-state index in [0.717, 1.165) is 23.4 Å². The second-order valence-electron chi connectivity index (χ2n) is 3.46. The lowest BCUT2D eigenvalue weighted by molar-refractivity contribution is 0.591. The lowest BCUT2D eigenvalue weighted by Crippen LogP contribution is -2.13. The molecule has 4 nitrogen and oxygen atoms in total. The number of rotatable bonds is 3. The van der Waals surface area contributed by atoms with Gasteiger partial charge >= 0.3 is 0 Å².